The number of hydrogen-bond donors (Lipinski definition) is 1. The molecule has 0 aromatic heterocycles. The van der Waals surface area contributed by atoms with Gasteiger partial charge in [0.25, 0.3) is 0 Å². The van der Waals surface area contributed by atoms with Crippen LogP contribution in [0.1, 0.15) is 63.4 Å². The van der Waals surface area contributed by atoms with Crippen LogP contribution in [0.4, 0.5) is 0 Å². The molecule has 3 nitrogen and oxygen atoms in total. The Morgan fingerprint density at radius 1 is 1.04 bits per heavy atom. The molecule has 3 heteroatoms. The van der Waals surface area contributed by atoms with Gasteiger partial charge in [0.15, 0.2) is 0 Å². The van der Waals surface area contributed by atoms with Crippen molar-refractivity contribution in [3.05, 3.63) is 34.3 Å². The Kier molecular flexibility index (Phi) is 5.63. The Morgan fingerprint density at radius 2 is 1.85 bits per heavy atom. The largest absolute Gasteiger partial charge is 0.355 e. The fourth-order valence-corrected chi connectivity index (χ4v) is 5.42. The summed E-state index contributed by atoms with van der Waals surface area (Å²) in [6, 6.07) is 6.72. The molecule has 3 unspecified atom stereocenters. The van der Waals surface area contributed by atoms with Crippen LogP contribution in [0.5, 0.6) is 0 Å². The Balaban J connectivity index is 1.60. The zero-order chi connectivity index (χ0) is 17.9. The fourth-order valence-electron chi connectivity index (χ4n) is 5.42. The minimum Gasteiger partial charge on any atom is -0.355 e. The first-order valence-electron chi connectivity index (χ1n) is 10.8. The highest BCUT2D eigenvalue weighted by Gasteiger charge is 2.31. The summed E-state index contributed by atoms with van der Waals surface area (Å²) in [5.41, 5.74) is 7.31. The maximum absolute atomic E-state index is 5.98. The zero-order valence-electron chi connectivity index (χ0n) is 16.4. The zero-order valence-corrected chi connectivity index (χ0v) is 16.4. The maximum atomic E-state index is 5.98. The Bertz CT molecular complexity index is 719. The van der Waals surface area contributed by atoms with Crippen LogP contribution < -0.4 is 16.3 Å². The van der Waals surface area contributed by atoms with E-state index in [1.54, 1.807) is 0 Å². The third kappa shape index (κ3) is 3.98. The van der Waals surface area contributed by atoms with Gasteiger partial charge in [0.2, 0.25) is 0 Å². The predicted molar refractivity (Wildman–Crippen MR) is 108 cm³/mol. The lowest BCUT2D eigenvalue weighted by Gasteiger charge is -2.40. The molecule has 0 radical (unpaired) electrons. The second-order valence-electron chi connectivity index (χ2n) is 8.96. The van der Waals surface area contributed by atoms with Gasteiger partial charge >= 0.3 is 0 Å². The number of hydrogen-bond acceptors (Lipinski definition) is 3. The first-order chi connectivity index (χ1) is 12.7. The highest BCUT2D eigenvalue weighted by Crippen LogP contribution is 2.33. The molecule has 0 saturated heterocycles. The van der Waals surface area contributed by atoms with E-state index in [0.29, 0.717) is 6.17 Å². The van der Waals surface area contributed by atoms with E-state index < -0.39 is 0 Å². The van der Waals surface area contributed by atoms with Crippen molar-refractivity contribution in [2.45, 2.75) is 70.9 Å². The molecule has 3 atom stereocenters. The first-order valence-corrected chi connectivity index (χ1v) is 10.8. The van der Waals surface area contributed by atoms with Crippen LogP contribution in [0.2, 0.25) is 0 Å². The molecule has 1 aliphatic heterocycles. The van der Waals surface area contributed by atoms with Gasteiger partial charge in [0.05, 0.1) is 5.36 Å². The summed E-state index contributed by atoms with van der Waals surface area (Å²) in [6.45, 7) is 4.20. The van der Waals surface area contributed by atoms with E-state index in [2.05, 4.69) is 36.2 Å². The van der Waals surface area contributed by atoms with Crippen LogP contribution in [0, 0.1) is 24.7 Å². The van der Waals surface area contributed by atoms with E-state index in [9.17, 15) is 0 Å². The third-order valence-corrected chi connectivity index (χ3v) is 6.86. The van der Waals surface area contributed by atoms with Crippen molar-refractivity contribution in [2.75, 3.05) is 13.1 Å². The highest BCUT2D eigenvalue weighted by atomic mass is 15.2. The monoisotopic (exact) mass is 353 g/mol. The molecule has 0 spiro atoms. The standard InChI is InChI=1S/C23H35N3/c1-17-10-11-22-21(12-17)16-26(15-19-7-5-6-18(13-19)14-24)23(25-22)20-8-3-2-4-9-20/h10-12,16,18-20,23H,2-9,13-15,24H2,1H3. The van der Waals surface area contributed by atoms with Crippen molar-refractivity contribution in [1.29, 1.82) is 0 Å². The number of nitrogens with zero attached hydrogens (tertiary/aromatic N) is 2. The lowest BCUT2D eigenvalue weighted by atomic mass is 9.80. The van der Waals surface area contributed by atoms with Crippen LogP contribution in [0.3, 0.4) is 0 Å². The van der Waals surface area contributed by atoms with Gasteiger partial charge in [0.1, 0.15) is 6.17 Å². The Morgan fingerprint density at radius 3 is 2.65 bits per heavy atom. The predicted octanol–water partition coefficient (Wildman–Crippen LogP) is 3.34. The second kappa shape index (κ2) is 8.12. The molecule has 142 valence electrons. The lowest BCUT2D eigenvalue weighted by Crippen LogP contribution is -2.47. The molecule has 2 fully saturated rings. The van der Waals surface area contributed by atoms with E-state index in [0.717, 1.165) is 30.8 Å². The van der Waals surface area contributed by atoms with Crippen LogP contribution in [-0.2, 0) is 0 Å². The van der Waals surface area contributed by atoms with Gasteiger partial charge in [-0.25, -0.2) is 0 Å². The molecule has 4 rings (SSSR count). The van der Waals surface area contributed by atoms with Crippen LogP contribution >= 0.6 is 0 Å². The van der Waals surface area contributed by atoms with Crippen molar-refractivity contribution in [3.8, 4) is 0 Å². The molecule has 2 aliphatic carbocycles. The van der Waals surface area contributed by atoms with Gasteiger partial charge in [-0.15, -0.1) is 0 Å². The molecule has 3 aliphatic rings. The number of nitrogens with two attached hydrogens (primary N) is 1. The van der Waals surface area contributed by atoms with Gasteiger partial charge < -0.3 is 10.6 Å². The average molecular weight is 354 g/mol. The van der Waals surface area contributed by atoms with Gasteiger partial charge in [-0.1, -0.05) is 37.3 Å². The highest BCUT2D eigenvalue weighted by molar-refractivity contribution is 5.28. The van der Waals surface area contributed by atoms with Gasteiger partial charge in [0, 0.05) is 18.0 Å². The summed E-state index contributed by atoms with van der Waals surface area (Å²) < 4.78 is 0. The molecule has 0 amide bonds. The van der Waals surface area contributed by atoms with Gasteiger partial charge in [-0.3, -0.25) is 4.99 Å². The van der Waals surface area contributed by atoms with E-state index in [-0.39, 0.29) is 0 Å². The lowest BCUT2D eigenvalue weighted by molar-refractivity contribution is 0.139. The summed E-state index contributed by atoms with van der Waals surface area (Å²) in [6.07, 6.45) is 15.0. The number of aryl methyl sites for hydroxylation is 1. The Hall–Kier alpha value is -1.35. The van der Waals surface area contributed by atoms with Gasteiger partial charge in [-0.2, -0.15) is 0 Å². The summed E-state index contributed by atoms with van der Waals surface area (Å²) in [5, 5.41) is 2.51. The molecular weight excluding hydrogens is 318 g/mol. The number of benzene rings is 1. The first kappa shape index (κ1) is 18.0. The van der Waals surface area contributed by atoms with Crippen LogP contribution in [0.25, 0.3) is 6.20 Å². The Labute approximate surface area is 158 Å². The molecule has 1 heterocycles. The summed E-state index contributed by atoms with van der Waals surface area (Å²) in [4.78, 5) is 7.88. The number of rotatable bonds is 4. The van der Waals surface area contributed by atoms with Crippen molar-refractivity contribution in [3.63, 3.8) is 0 Å². The topological polar surface area (TPSA) is 41.6 Å². The summed E-state index contributed by atoms with van der Waals surface area (Å²) in [7, 11) is 0. The van der Waals surface area contributed by atoms with E-state index in [4.69, 9.17) is 10.7 Å². The fraction of sp³-hybridized carbons (Fsp3) is 0.696. The average Bonchev–Trinajstić information content (AvgIpc) is 2.68. The van der Waals surface area contributed by atoms with Crippen LogP contribution in [-0.4, -0.2) is 24.2 Å². The van der Waals surface area contributed by atoms with Crippen LogP contribution in [0.15, 0.2) is 23.2 Å². The minimum atomic E-state index is 0.351. The summed E-state index contributed by atoms with van der Waals surface area (Å²) in [5.74, 6) is 2.24. The van der Waals surface area contributed by atoms with Crippen molar-refractivity contribution < 1.29 is 0 Å². The third-order valence-electron chi connectivity index (χ3n) is 6.86. The summed E-state index contributed by atoms with van der Waals surface area (Å²) >= 11 is 0. The molecular formula is C23H35N3. The quantitative estimate of drug-likeness (QED) is 0.902. The molecule has 1 aromatic rings. The van der Waals surface area contributed by atoms with Crippen molar-refractivity contribution in [1.82, 2.24) is 4.90 Å². The molecule has 0 bridgehead atoms. The van der Waals surface area contributed by atoms with Gasteiger partial charge in [-0.05, 0) is 75.5 Å². The SMILES string of the molecule is Cc1ccc2c(c1)=CN(CC1CCCC(CN)C1)C(C1CCCCC1)N=2. The van der Waals surface area contributed by atoms with Crippen molar-refractivity contribution in [2.24, 2.45) is 28.5 Å². The molecule has 26 heavy (non-hydrogen) atoms. The molecule has 2 saturated carbocycles. The maximum Gasteiger partial charge on any atom is 0.124 e. The van der Waals surface area contributed by atoms with E-state index in [1.165, 1.54) is 73.9 Å². The second-order valence-corrected chi connectivity index (χ2v) is 8.96. The normalized spacial score (nSPS) is 29.6. The minimum absolute atomic E-state index is 0.351. The van der Waals surface area contributed by atoms with E-state index in [1.807, 2.05) is 0 Å². The number of fused-ring (bicyclic) bond motifs is 1. The van der Waals surface area contributed by atoms with E-state index >= 15 is 0 Å². The smallest absolute Gasteiger partial charge is 0.124 e. The molecule has 2 N–H and O–H groups in total. The molecule has 1 aromatic carbocycles. The van der Waals surface area contributed by atoms with Crippen molar-refractivity contribution >= 4 is 6.20 Å².